The summed E-state index contributed by atoms with van der Waals surface area (Å²) in [6, 6.07) is 0. The molecule has 0 bridgehead atoms. The van der Waals surface area contributed by atoms with E-state index in [1.165, 1.54) is 109 Å². The summed E-state index contributed by atoms with van der Waals surface area (Å²) in [4.78, 5) is 73.0. The van der Waals surface area contributed by atoms with Crippen LogP contribution in [0.4, 0.5) is 0 Å². The first kappa shape index (κ1) is 98.0. The number of allylic oxidation sites excluding steroid dienone is 16. The van der Waals surface area contributed by atoms with Gasteiger partial charge in [0.05, 0.1) is 26.4 Å². The molecule has 5 atom stereocenters. The van der Waals surface area contributed by atoms with Gasteiger partial charge in [-0.15, -0.1) is 0 Å². The van der Waals surface area contributed by atoms with Gasteiger partial charge in [0, 0.05) is 25.7 Å². The molecule has 102 heavy (non-hydrogen) atoms. The zero-order chi connectivity index (χ0) is 74.6. The summed E-state index contributed by atoms with van der Waals surface area (Å²) < 4.78 is 68.5. The van der Waals surface area contributed by atoms with E-state index >= 15 is 0 Å². The highest BCUT2D eigenvalue weighted by Crippen LogP contribution is 2.45. The largest absolute Gasteiger partial charge is 0.472 e. The highest BCUT2D eigenvalue weighted by atomic mass is 31.2. The van der Waals surface area contributed by atoms with Crippen molar-refractivity contribution in [2.24, 2.45) is 0 Å². The third-order valence-electron chi connectivity index (χ3n) is 17.0. The molecule has 0 amide bonds. The van der Waals surface area contributed by atoms with Crippen LogP contribution in [0.25, 0.3) is 0 Å². The van der Waals surface area contributed by atoms with E-state index in [1.807, 2.05) is 12.2 Å². The summed E-state index contributed by atoms with van der Waals surface area (Å²) in [5.74, 6) is -2.28. The first-order valence-electron chi connectivity index (χ1n) is 40.5. The van der Waals surface area contributed by atoms with Crippen molar-refractivity contribution in [3.63, 3.8) is 0 Å². The zero-order valence-corrected chi connectivity index (χ0v) is 66.3. The highest BCUT2D eigenvalue weighted by Gasteiger charge is 2.30. The SMILES string of the molecule is CCCCC/C=C\C/C=C\C/C=C\C/C=C\C/C=C\CCC(=O)OC[C@H](COP(=O)(O)OC[C@@H](O)COP(=O)(O)OC[C@@H](COC(=O)CCCCCCC/C=C\CCCCCC)OC(=O)CCCCCCCCC/C=C\CCCCCC)OC(=O)CCCCCCC/C=C\CCCCCCCC. The van der Waals surface area contributed by atoms with Gasteiger partial charge >= 0.3 is 39.5 Å². The normalized spacial score (nSPS) is 14.4. The summed E-state index contributed by atoms with van der Waals surface area (Å²) in [5.41, 5.74) is 0. The lowest BCUT2D eigenvalue weighted by molar-refractivity contribution is -0.161. The summed E-state index contributed by atoms with van der Waals surface area (Å²) >= 11 is 0. The lowest BCUT2D eigenvalue weighted by atomic mass is 10.1. The molecule has 0 spiro atoms. The van der Waals surface area contributed by atoms with E-state index in [0.717, 1.165) is 154 Å². The van der Waals surface area contributed by atoms with Gasteiger partial charge in [0.25, 0.3) is 0 Å². The number of hydrogen-bond donors (Lipinski definition) is 3. The van der Waals surface area contributed by atoms with Gasteiger partial charge in [0.15, 0.2) is 12.2 Å². The third kappa shape index (κ3) is 74.3. The fourth-order valence-corrected chi connectivity index (χ4v) is 12.4. The van der Waals surface area contributed by atoms with Gasteiger partial charge in [-0.2, -0.15) is 0 Å². The minimum atomic E-state index is -4.99. The molecule has 17 nitrogen and oxygen atoms in total. The van der Waals surface area contributed by atoms with Crippen LogP contribution in [0.15, 0.2) is 97.2 Å². The molecule has 0 aliphatic rings. The fraction of sp³-hybridized carbons (Fsp3) is 0.759. The van der Waals surface area contributed by atoms with Crippen molar-refractivity contribution >= 4 is 39.5 Å². The Morgan fingerprint density at radius 2 is 0.500 bits per heavy atom. The number of aliphatic hydroxyl groups excluding tert-OH is 1. The van der Waals surface area contributed by atoms with Gasteiger partial charge in [-0.05, 0) is 141 Å². The zero-order valence-electron chi connectivity index (χ0n) is 64.5. The van der Waals surface area contributed by atoms with Gasteiger partial charge in [-0.25, -0.2) is 9.13 Å². The molecule has 2 unspecified atom stereocenters. The van der Waals surface area contributed by atoms with Crippen LogP contribution in [0.5, 0.6) is 0 Å². The Morgan fingerprint density at radius 3 is 0.833 bits per heavy atom. The number of aliphatic hydroxyl groups is 1. The molecule has 0 saturated heterocycles. The molecule has 0 aliphatic heterocycles. The van der Waals surface area contributed by atoms with Gasteiger partial charge in [-0.1, -0.05) is 279 Å². The van der Waals surface area contributed by atoms with Crippen LogP contribution in [0.2, 0.25) is 0 Å². The van der Waals surface area contributed by atoms with Crippen LogP contribution in [0.1, 0.15) is 349 Å². The molecule has 590 valence electrons. The number of carbonyl (C=O) groups is 4. The maximum atomic E-state index is 13.1. The van der Waals surface area contributed by atoms with Crippen LogP contribution < -0.4 is 0 Å². The monoisotopic (exact) mass is 1480 g/mol. The topological polar surface area (TPSA) is 237 Å². The molecule has 0 aromatic rings. The number of phosphoric acid groups is 2. The molecule has 0 heterocycles. The van der Waals surface area contributed by atoms with E-state index in [0.29, 0.717) is 32.1 Å². The Morgan fingerprint density at radius 1 is 0.275 bits per heavy atom. The van der Waals surface area contributed by atoms with Crippen molar-refractivity contribution in [2.75, 3.05) is 39.6 Å². The van der Waals surface area contributed by atoms with Crippen molar-refractivity contribution in [2.45, 2.75) is 367 Å². The van der Waals surface area contributed by atoms with E-state index in [1.54, 1.807) is 0 Å². The standard InChI is InChI=1S/C83H146O17P2/c1-5-9-13-17-21-25-29-33-36-37-38-39-42-44-48-52-56-60-64-68-81(86)94-74-79(100-83(88)70-66-62-58-54-50-46-41-35-31-27-23-19-15-11-7-3)76-98-102(91,92)96-72-77(84)71-95-101(89,90)97-75-78(73-93-80(85)67-63-59-55-51-47-43-32-28-24-20-16-12-8-4)99-82(87)69-65-61-57-53-49-45-40-34-30-26-22-18-14-10-6-2/h21,25-26,28,30,32-33,35-36,38-39,41,44,48,56,60,77-79,84H,5-20,22-24,27,29,31,34,37,40,42-43,45-47,49-55,57-59,61-76H2,1-4H3,(H,89,90)(H,91,92)/b25-21-,30-26-,32-28-,36-33-,39-38-,41-35-,48-44-,60-56-/t77-,78+,79+/m0/s1. The van der Waals surface area contributed by atoms with E-state index < -0.39 is 97.5 Å². The van der Waals surface area contributed by atoms with Crippen LogP contribution in [-0.4, -0.2) is 96.7 Å². The second-order valence-corrected chi connectivity index (χ2v) is 29.9. The number of carbonyl (C=O) groups excluding carboxylic acids is 4. The average Bonchev–Trinajstić information content (AvgIpc) is 0.920. The summed E-state index contributed by atoms with van der Waals surface area (Å²) in [6.45, 7) is 4.75. The number of unbranched alkanes of at least 4 members (excludes halogenated alkanes) is 34. The molecular weight excluding hydrogens is 1330 g/mol. The third-order valence-corrected chi connectivity index (χ3v) is 18.9. The summed E-state index contributed by atoms with van der Waals surface area (Å²) in [7, 11) is -9.97. The Kier molecular flexibility index (Phi) is 72.3. The predicted molar refractivity (Wildman–Crippen MR) is 418 cm³/mol. The summed E-state index contributed by atoms with van der Waals surface area (Å²) in [5, 5.41) is 10.6. The lowest BCUT2D eigenvalue weighted by Crippen LogP contribution is -2.30. The van der Waals surface area contributed by atoms with Crippen LogP contribution in [0, 0.1) is 0 Å². The quantitative estimate of drug-likeness (QED) is 0.0169. The molecule has 0 fully saturated rings. The first-order chi connectivity index (χ1) is 49.7. The van der Waals surface area contributed by atoms with Gasteiger partial charge in [0.2, 0.25) is 0 Å². The van der Waals surface area contributed by atoms with E-state index in [9.17, 15) is 43.2 Å². The van der Waals surface area contributed by atoms with E-state index in [-0.39, 0.29) is 25.7 Å². The molecule has 0 aromatic carbocycles. The second kappa shape index (κ2) is 75.2. The second-order valence-electron chi connectivity index (χ2n) is 27.0. The number of rotatable bonds is 76. The van der Waals surface area contributed by atoms with Crippen molar-refractivity contribution in [1.82, 2.24) is 0 Å². The van der Waals surface area contributed by atoms with E-state index in [2.05, 4.69) is 113 Å². The Labute approximate surface area is 620 Å². The van der Waals surface area contributed by atoms with Crippen LogP contribution in [0.3, 0.4) is 0 Å². The Hall–Kier alpha value is -4.02. The van der Waals surface area contributed by atoms with Crippen molar-refractivity contribution in [1.29, 1.82) is 0 Å². The molecule has 3 N–H and O–H groups in total. The minimum Gasteiger partial charge on any atom is -0.462 e. The first-order valence-corrected chi connectivity index (χ1v) is 43.5. The van der Waals surface area contributed by atoms with Crippen LogP contribution in [-0.2, 0) is 65.4 Å². The Bertz CT molecular complexity index is 2310. The maximum absolute atomic E-state index is 13.1. The summed E-state index contributed by atoms with van der Waals surface area (Å²) in [6.07, 6.45) is 79.7. The van der Waals surface area contributed by atoms with Gasteiger partial charge < -0.3 is 33.8 Å². The van der Waals surface area contributed by atoms with Crippen molar-refractivity contribution in [3.8, 4) is 0 Å². The Balaban J connectivity index is 5.41. The number of hydrogen-bond acceptors (Lipinski definition) is 15. The van der Waals surface area contributed by atoms with Gasteiger partial charge in [0.1, 0.15) is 19.3 Å². The predicted octanol–water partition coefficient (Wildman–Crippen LogP) is 23.6. The number of phosphoric ester groups is 2. The van der Waals surface area contributed by atoms with Crippen molar-refractivity contribution in [3.05, 3.63) is 97.2 Å². The molecular formula is C83H146O17P2. The van der Waals surface area contributed by atoms with Gasteiger partial charge in [-0.3, -0.25) is 37.3 Å². The number of ether oxygens (including phenoxy) is 4. The van der Waals surface area contributed by atoms with Crippen LogP contribution >= 0.6 is 15.6 Å². The molecule has 0 rings (SSSR count). The lowest BCUT2D eigenvalue weighted by Gasteiger charge is -2.21. The molecule has 0 radical (unpaired) electrons. The minimum absolute atomic E-state index is 0.0369. The molecule has 19 heteroatoms. The maximum Gasteiger partial charge on any atom is 0.472 e. The molecule has 0 aromatic heterocycles. The number of esters is 4. The van der Waals surface area contributed by atoms with Crippen molar-refractivity contribution < 1.29 is 80.2 Å². The highest BCUT2D eigenvalue weighted by molar-refractivity contribution is 7.47. The average molecular weight is 1480 g/mol. The molecule has 0 saturated carbocycles. The molecule has 0 aliphatic carbocycles. The van der Waals surface area contributed by atoms with E-state index in [4.69, 9.17) is 37.0 Å². The fourth-order valence-electron chi connectivity index (χ4n) is 10.8. The smallest absolute Gasteiger partial charge is 0.462 e.